The SMILES string of the molecule is CC(C)(C)c1cccc(-c2cccc(-c3ccccc3)c2N2c3cc(-c4ccccc4)ccc3B3c4ccc(-c5ccc(C(C)(C)C)cc5C(C)(C)C)cc4N(c4c(-c5ccccc5)cccc4-c4cccc(C(C)(C)C)c4)c4cc(-c5ccccc5)cc2c43)c1. The molecule has 0 saturated carbocycles. The quantitative estimate of drug-likeness (QED) is 0.133. The Morgan fingerprint density at radius 3 is 1.00 bits per heavy atom. The highest BCUT2D eigenvalue weighted by molar-refractivity contribution is 7.00. The lowest BCUT2D eigenvalue weighted by Crippen LogP contribution is -2.61. The van der Waals surface area contributed by atoms with Crippen molar-refractivity contribution in [2.45, 2.75) is 105 Å². The van der Waals surface area contributed by atoms with Crippen molar-refractivity contribution in [3.05, 3.63) is 295 Å². The summed E-state index contributed by atoms with van der Waals surface area (Å²) in [6.07, 6.45) is 0. The van der Waals surface area contributed by atoms with Crippen LogP contribution in [0.5, 0.6) is 0 Å². The van der Waals surface area contributed by atoms with Gasteiger partial charge in [-0.15, -0.1) is 0 Å². The summed E-state index contributed by atoms with van der Waals surface area (Å²) < 4.78 is 0. The fourth-order valence-electron chi connectivity index (χ4n) is 14.2. The molecule has 0 aliphatic carbocycles. The van der Waals surface area contributed by atoms with Gasteiger partial charge in [-0.1, -0.05) is 332 Å². The summed E-state index contributed by atoms with van der Waals surface area (Å²) in [6, 6.07) is 104. The number of rotatable bonds is 9. The van der Waals surface area contributed by atoms with E-state index in [1.54, 1.807) is 0 Å². The molecule has 91 heavy (non-hydrogen) atoms. The Labute approximate surface area is 541 Å². The maximum Gasteiger partial charge on any atom is 0.252 e. The van der Waals surface area contributed by atoms with Gasteiger partial charge in [-0.3, -0.25) is 0 Å². The van der Waals surface area contributed by atoms with E-state index in [-0.39, 0.29) is 28.4 Å². The smallest absolute Gasteiger partial charge is 0.252 e. The van der Waals surface area contributed by atoms with E-state index < -0.39 is 0 Å². The van der Waals surface area contributed by atoms with Crippen molar-refractivity contribution in [3.63, 3.8) is 0 Å². The molecule has 2 nitrogen and oxygen atoms in total. The summed E-state index contributed by atoms with van der Waals surface area (Å²) in [6.45, 7) is 27.9. The Hall–Kier alpha value is -9.70. The lowest BCUT2D eigenvalue weighted by molar-refractivity contribution is 0.570. The van der Waals surface area contributed by atoms with Crippen LogP contribution in [-0.4, -0.2) is 6.71 Å². The van der Waals surface area contributed by atoms with Gasteiger partial charge < -0.3 is 9.80 Å². The molecule has 0 N–H and O–H groups in total. The molecule has 0 saturated heterocycles. The monoisotopic (exact) mass is 1180 g/mol. The molecule has 2 heterocycles. The van der Waals surface area contributed by atoms with Gasteiger partial charge in [0.15, 0.2) is 0 Å². The predicted octanol–water partition coefficient (Wildman–Crippen LogP) is 22.6. The minimum atomic E-state index is -0.176. The summed E-state index contributed by atoms with van der Waals surface area (Å²) in [5.41, 5.74) is 32.1. The fraction of sp³-hybridized carbons (Fsp3) is 0.182. The van der Waals surface area contributed by atoms with Crippen molar-refractivity contribution in [2.24, 2.45) is 0 Å². The first-order valence-electron chi connectivity index (χ1n) is 32.6. The Kier molecular flexibility index (Phi) is 14.7. The molecule has 0 unspecified atom stereocenters. The second-order valence-corrected chi connectivity index (χ2v) is 29.4. The van der Waals surface area contributed by atoms with Crippen LogP contribution in [0.15, 0.2) is 273 Å². The van der Waals surface area contributed by atoms with Gasteiger partial charge in [0.25, 0.3) is 6.71 Å². The molecule has 14 rings (SSSR count). The maximum atomic E-state index is 2.71. The minimum Gasteiger partial charge on any atom is -0.310 e. The standard InChI is InChI=1S/C88H81BN2/c1-85(2,3)67-39-25-37-63(51-67)73-43-27-41-71(60-33-21-15-22-34-60)83(73)90-78-53-62(58-29-17-13-18-30-58)45-49-76(78)89-77-50-46-65(70-48-47-69(87(7,8)9)57-75(70)88(10,11)12)54-79(77)91(81-56-66(55-80(90)82(81)89)59-31-19-14-20-32-59)84-72(61-35-23-16-24-36-61)42-28-44-74(84)64-38-26-40-68(52-64)86(4,5)6/h13-57H,1-12H3. The number of hydrogen-bond acceptors (Lipinski definition) is 2. The average Bonchev–Trinajstić information content (AvgIpc) is 0.697. The molecule has 0 amide bonds. The van der Waals surface area contributed by atoms with Crippen molar-refractivity contribution >= 4 is 57.2 Å². The van der Waals surface area contributed by atoms with Crippen LogP contribution in [-0.2, 0) is 21.7 Å². The molecule has 446 valence electrons. The van der Waals surface area contributed by atoms with Gasteiger partial charge >= 0.3 is 0 Å². The number of anilines is 6. The second kappa shape index (κ2) is 22.7. The van der Waals surface area contributed by atoms with Crippen LogP contribution in [0, 0.1) is 0 Å². The van der Waals surface area contributed by atoms with Crippen LogP contribution in [0.25, 0.3) is 77.9 Å². The molecule has 0 aromatic heterocycles. The summed E-state index contributed by atoms with van der Waals surface area (Å²) in [5, 5.41) is 0. The van der Waals surface area contributed by atoms with E-state index in [4.69, 9.17) is 0 Å². The third-order valence-corrected chi connectivity index (χ3v) is 19.1. The highest BCUT2D eigenvalue weighted by Gasteiger charge is 2.46. The molecule has 0 bridgehead atoms. The number of nitrogens with zero attached hydrogens (tertiary/aromatic N) is 2. The van der Waals surface area contributed by atoms with Crippen LogP contribution in [0.2, 0.25) is 0 Å². The normalized spacial score (nSPS) is 13.0. The molecule has 2 aliphatic rings. The molecule has 12 aromatic carbocycles. The van der Waals surface area contributed by atoms with Gasteiger partial charge in [0.2, 0.25) is 0 Å². The maximum absolute atomic E-state index is 2.71. The zero-order valence-electron chi connectivity index (χ0n) is 55.0. The molecular weight excluding hydrogens is 1100 g/mol. The number of fused-ring (bicyclic) bond motifs is 4. The highest BCUT2D eigenvalue weighted by atomic mass is 15.2. The summed E-state index contributed by atoms with van der Waals surface area (Å²) in [7, 11) is 0. The van der Waals surface area contributed by atoms with Gasteiger partial charge in [-0.25, -0.2) is 0 Å². The molecule has 2 aliphatic heterocycles. The Morgan fingerprint density at radius 2 is 0.571 bits per heavy atom. The van der Waals surface area contributed by atoms with Gasteiger partial charge in [0, 0.05) is 45.0 Å². The summed E-state index contributed by atoms with van der Waals surface area (Å²) >= 11 is 0. The molecule has 0 atom stereocenters. The van der Waals surface area contributed by atoms with Crippen LogP contribution >= 0.6 is 0 Å². The summed E-state index contributed by atoms with van der Waals surface area (Å²) in [5.74, 6) is 0. The number of para-hydroxylation sites is 2. The molecule has 0 spiro atoms. The van der Waals surface area contributed by atoms with Crippen LogP contribution in [0.3, 0.4) is 0 Å². The minimum absolute atomic E-state index is 0.0215. The first-order chi connectivity index (χ1) is 43.7. The zero-order valence-corrected chi connectivity index (χ0v) is 55.0. The molecular formula is C88H81BN2. The lowest BCUT2D eigenvalue weighted by atomic mass is 9.33. The van der Waals surface area contributed by atoms with Crippen LogP contribution in [0.1, 0.15) is 105 Å². The Morgan fingerprint density at radius 1 is 0.231 bits per heavy atom. The van der Waals surface area contributed by atoms with E-state index in [1.807, 2.05) is 0 Å². The second-order valence-electron chi connectivity index (χ2n) is 29.4. The van der Waals surface area contributed by atoms with E-state index in [1.165, 1.54) is 88.8 Å². The van der Waals surface area contributed by atoms with E-state index in [0.29, 0.717) is 0 Å². The van der Waals surface area contributed by atoms with Crippen molar-refractivity contribution in [2.75, 3.05) is 9.80 Å². The fourth-order valence-corrected chi connectivity index (χ4v) is 14.2. The third-order valence-electron chi connectivity index (χ3n) is 19.1. The van der Waals surface area contributed by atoms with Crippen LogP contribution in [0.4, 0.5) is 34.1 Å². The Balaban J connectivity index is 1.17. The topological polar surface area (TPSA) is 6.48 Å². The van der Waals surface area contributed by atoms with Gasteiger partial charge in [-0.05, 0) is 140 Å². The first kappa shape index (κ1) is 59.0. The van der Waals surface area contributed by atoms with Crippen molar-refractivity contribution in [1.29, 1.82) is 0 Å². The largest absolute Gasteiger partial charge is 0.310 e. The van der Waals surface area contributed by atoms with Gasteiger partial charge in [0.1, 0.15) is 0 Å². The number of benzene rings is 12. The van der Waals surface area contributed by atoms with E-state index in [9.17, 15) is 0 Å². The lowest BCUT2D eigenvalue weighted by Gasteiger charge is -2.46. The number of hydrogen-bond donors (Lipinski definition) is 0. The zero-order chi connectivity index (χ0) is 63.1. The molecule has 0 fully saturated rings. The Bertz CT molecular complexity index is 4720. The van der Waals surface area contributed by atoms with Gasteiger partial charge in [-0.2, -0.15) is 0 Å². The third kappa shape index (κ3) is 10.8. The molecule has 12 aromatic rings. The van der Waals surface area contributed by atoms with E-state index in [2.05, 4.69) is 366 Å². The van der Waals surface area contributed by atoms with E-state index in [0.717, 1.165) is 61.8 Å². The molecule has 0 radical (unpaired) electrons. The predicted molar refractivity (Wildman–Crippen MR) is 393 cm³/mol. The van der Waals surface area contributed by atoms with Crippen molar-refractivity contribution in [1.82, 2.24) is 0 Å². The van der Waals surface area contributed by atoms with Gasteiger partial charge in [0.05, 0.1) is 11.4 Å². The van der Waals surface area contributed by atoms with E-state index >= 15 is 0 Å². The van der Waals surface area contributed by atoms with Crippen LogP contribution < -0.4 is 26.2 Å². The average molecular weight is 1180 g/mol. The van der Waals surface area contributed by atoms with Crippen molar-refractivity contribution in [3.8, 4) is 77.9 Å². The summed E-state index contributed by atoms with van der Waals surface area (Å²) in [4.78, 5) is 5.40. The highest BCUT2D eigenvalue weighted by Crippen LogP contribution is 2.55. The van der Waals surface area contributed by atoms with Crippen molar-refractivity contribution < 1.29 is 0 Å². The molecule has 3 heteroatoms. The first-order valence-corrected chi connectivity index (χ1v) is 32.6.